The van der Waals surface area contributed by atoms with Crippen LogP contribution in [0.5, 0.6) is 0 Å². The first-order chi connectivity index (χ1) is 25.8. The van der Waals surface area contributed by atoms with Gasteiger partial charge in [-0.25, -0.2) is 23.3 Å². The molecule has 9 heteroatoms. The van der Waals surface area contributed by atoms with Crippen molar-refractivity contribution in [2.75, 3.05) is 0 Å². The van der Waals surface area contributed by atoms with Crippen LogP contribution in [0.1, 0.15) is 22.8 Å². The van der Waals surface area contributed by atoms with Crippen LogP contribution < -0.4 is 32.8 Å². The van der Waals surface area contributed by atoms with Crippen LogP contribution >= 0.6 is 0 Å². The smallest absolute Gasteiger partial charge is 0.657 e. The predicted molar refractivity (Wildman–Crippen MR) is 207 cm³/mol. The Kier molecular flexibility index (Phi) is 8.98. The van der Waals surface area contributed by atoms with Crippen molar-refractivity contribution in [3.63, 3.8) is 0 Å². The molecule has 0 aliphatic carbocycles. The normalized spacial score (nSPS) is 11.9. The number of pyridine rings is 4. The van der Waals surface area contributed by atoms with Gasteiger partial charge in [0.1, 0.15) is 35.2 Å². The van der Waals surface area contributed by atoms with Crippen LogP contribution in [-0.2, 0) is 52.3 Å². The zero-order valence-electron chi connectivity index (χ0n) is 30.8. The molecule has 0 saturated heterocycles. The number of aromatic nitrogens is 8. The summed E-state index contributed by atoms with van der Waals surface area (Å²) in [7, 11) is 10.3. The summed E-state index contributed by atoms with van der Waals surface area (Å²) in [6, 6.07) is 25.7. The fourth-order valence-electron chi connectivity index (χ4n) is 7.31. The van der Waals surface area contributed by atoms with Crippen LogP contribution in [0.25, 0.3) is 90.9 Å². The summed E-state index contributed by atoms with van der Waals surface area (Å²) < 4.78 is 10.5. The van der Waals surface area contributed by atoms with Crippen LogP contribution in [0, 0.1) is 0 Å². The molecule has 8 bridgehead atoms. The number of aryl methyl sites for hydroxylation is 4. The number of nitrogens with zero attached hydrogens (tertiary/aromatic N) is 8. The minimum absolute atomic E-state index is 0. The molecule has 54 heavy (non-hydrogen) atoms. The topological polar surface area (TPSA) is 60.5 Å². The largest absolute Gasteiger partial charge is 3.00 e. The zero-order chi connectivity index (χ0) is 36.2. The Morgan fingerprint density at radius 3 is 0.963 bits per heavy atom. The Hall–Kier alpha value is -6.28. The summed E-state index contributed by atoms with van der Waals surface area (Å²) >= 11 is 0. The summed E-state index contributed by atoms with van der Waals surface area (Å²) in [6.07, 6.45) is 25.3. The number of hydrogen-bond acceptors (Lipinski definition) is 1. The maximum atomic E-state index is 5.42. The second kappa shape index (κ2) is 13.9. The Labute approximate surface area is 324 Å². The van der Waals surface area contributed by atoms with Gasteiger partial charge in [0.25, 0.3) is 0 Å². The van der Waals surface area contributed by atoms with Crippen LogP contribution in [0.4, 0.5) is 0 Å². The third-order valence-electron chi connectivity index (χ3n) is 10.2. The van der Waals surface area contributed by atoms with Crippen LogP contribution in [-0.4, -0.2) is 4.98 Å². The first-order valence-electron chi connectivity index (χ1n) is 17.7. The standard InChI is InChI=1S/C45H39N8.Fe/c1-49-22-14-30(15-23-49)42-34-6-7-35(46-34)43(31-16-24-50(2)25-17-31)37-9-11-39(48-37)45(33-20-28-52(4)29-21-33)41-13-12-40(53(41)5)44(38-10-8-36(42)47-38)32-18-26-51(3)27-19-32;/h6-29H,1-5H3;/q2*+3. The average Bonchev–Trinajstić information content (AvgIpc) is 3.99. The van der Waals surface area contributed by atoms with Gasteiger partial charge in [-0.05, 0) is 45.5 Å². The van der Waals surface area contributed by atoms with Gasteiger partial charge in [0, 0.05) is 71.8 Å². The van der Waals surface area contributed by atoms with Gasteiger partial charge in [-0.2, -0.15) is 4.57 Å². The summed E-state index contributed by atoms with van der Waals surface area (Å²) in [5.74, 6) is 0. The van der Waals surface area contributed by atoms with E-state index in [1.54, 1.807) is 0 Å². The molecule has 9 heterocycles. The fraction of sp³-hybridized carbons (Fsp3) is 0.111. The van der Waals surface area contributed by atoms with Gasteiger partial charge in [0.15, 0.2) is 49.6 Å². The zero-order valence-corrected chi connectivity index (χ0v) is 31.9. The van der Waals surface area contributed by atoms with Gasteiger partial charge in [0.05, 0.1) is 11.4 Å². The fourth-order valence-corrected chi connectivity index (χ4v) is 7.31. The van der Waals surface area contributed by atoms with Gasteiger partial charge in [0.2, 0.25) is 11.4 Å². The SMILES string of the molecule is C[n+]1ccc(-c2c3nc(c(-c4cc[n+](C)cc4)c4ccc([n-]4)c(-c4cc[n+](C)cc4)c4[n+](C)c(c(-c5cc[n+](C)cc5)c5ccc2[n-]5)C=C4)C=C3)cc1.[Fe+3]. The Bertz CT molecular complexity index is 2600. The Morgan fingerprint density at radius 2 is 0.648 bits per heavy atom. The summed E-state index contributed by atoms with van der Waals surface area (Å²) in [5, 5.41) is 0. The quantitative estimate of drug-likeness (QED) is 0.181. The first-order valence-corrected chi connectivity index (χ1v) is 17.7. The molecule has 0 atom stereocenters. The number of rotatable bonds is 4. The molecule has 7 aromatic heterocycles. The molecule has 0 aromatic carbocycles. The number of fused-ring (bicyclic) bond motifs is 8. The van der Waals surface area contributed by atoms with E-state index in [0.717, 1.165) is 89.4 Å². The van der Waals surface area contributed by atoms with Crippen molar-refractivity contribution < 1.29 is 39.9 Å². The third kappa shape index (κ3) is 6.17. The Balaban J connectivity index is 0.00000413. The van der Waals surface area contributed by atoms with E-state index >= 15 is 0 Å². The van der Waals surface area contributed by atoms with E-state index in [-0.39, 0.29) is 17.1 Å². The van der Waals surface area contributed by atoms with Gasteiger partial charge in [-0.1, -0.05) is 24.3 Å². The molecule has 1 radical (unpaired) electrons. The molecule has 261 valence electrons. The first kappa shape index (κ1) is 34.8. The molecule has 0 unspecified atom stereocenters. The Morgan fingerprint density at radius 1 is 0.370 bits per heavy atom. The van der Waals surface area contributed by atoms with E-state index in [2.05, 4.69) is 167 Å². The molecule has 0 fully saturated rings. The van der Waals surface area contributed by atoms with Gasteiger partial charge < -0.3 is 9.97 Å². The van der Waals surface area contributed by atoms with Crippen molar-refractivity contribution in [1.82, 2.24) is 15.0 Å². The molecule has 8 nitrogen and oxygen atoms in total. The summed E-state index contributed by atoms with van der Waals surface area (Å²) in [6.45, 7) is 0. The minimum atomic E-state index is 0. The van der Waals surface area contributed by atoms with Crippen molar-refractivity contribution in [2.24, 2.45) is 35.2 Å². The van der Waals surface area contributed by atoms with E-state index in [4.69, 9.17) is 15.0 Å². The second-order valence-corrected chi connectivity index (χ2v) is 13.8. The van der Waals surface area contributed by atoms with Crippen molar-refractivity contribution in [3.8, 4) is 44.5 Å². The van der Waals surface area contributed by atoms with Gasteiger partial charge in [-0.15, -0.1) is 22.1 Å². The molecule has 2 aliphatic rings. The molecule has 2 aliphatic heterocycles. The van der Waals surface area contributed by atoms with Crippen molar-refractivity contribution in [3.05, 3.63) is 145 Å². The number of hydrogen-bond donors (Lipinski definition) is 0. The monoisotopic (exact) mass is 747 g/mol. The van der Waals surface area contributed by atoms with E-state index in [1.165, 1.54) is 0 Å². The molecule has 0 amide bonds. The molecule has 0 saturated carbocycles. The summed E-state index contributed by atoms with van der Waals surface area (Å²) in [4.78, 5) is 16.2. The van der Waals surface area contributed by atoms with E-state index in [9.17, 15) is 0 Å². The van der Waals surface area contributed by atoms with E-state index in [1.807, 2.05) is 37.3 Å². The van der Waals surface area contributed by atoms with E-state index < -0.39 is 0 Å². The maximum absolute atomic E-state index is 5.42. The molecule has 7 aromatic rings. The molecular formula is C45H39FeN8+6. The van der Waals surface area contributed by atoms with E-state index in [0.29, 0.717) is 0 Å². The third-order valence-corrected chi connectivity index (χ3v) is 10.2. The van der Waals surface area contributed by atoms with Crippen LogP contribution in [0.3, 0.4) is 0 Å². The van der Waals surface area contributed by atoms with Gasteiger partial charge >= 0.3 is 17.1 Å². The minimum Gasteiger partial charge on any atom is -0.657 e. The molecule has 9 rings (SSSR count). The van der Waals surface area contributed by atoms with Crippen molar-refractivity contribution >= 4 is 46.4 Å². The molecular weight excluding hydrogens is 708 g/mol. The summed E-state index contributed by atoms with van der Waals surface area (Å²) in [5.41, 5.74) is 15.7. The van der Waals surface area contributed by atoms with Crippen molar-refractivity contribution in [1.29, 1.82) is 0 Å². The second-order valence-electron chi connectivity index (χ2n) is 13.8. The van der Waals surface area contributed by atoms with Crippen LogP contribution in [0.15, 0.2) is 122 Å². The van der Waals surface area contributed by atoms with Crippen molar-refractivity contribution in [2.45, 2.75) is 0 Å². The van der Waals surface area contributed by atoms with Gasteiger partial charge in [-0.3, -0.25) is 0 Å². The van der Waals surface area contributed by atoms with Crippen LogP contribution in [0.2, 0.25) is 0 Å². The average molecular weight is 748 g/mol. The predicted octanol–water partition coefficient (Wildman–Crippen LogP) is 5.31. The molecule has 0 N–H and O–H groups in total. The molecule has 0 spiro atoms. The maximum Gasteiger partial charge on any atom is 3.00 e.